The maximum atomic E-state index is 11.4. The van der Waals surface area contributed by atoms with Crippen LogP contribution in [0.4, 0.5) is 0 Å². The van der Waals surface area contributed by atoms with E-state index in [2.05, 4.69) is 47.8 Å². The molecule has 4 nitrogen and oxygen atoms in total. The first kappa shape index (κ1) is 17.8. The third-order valence-electron chi connectivity index (χ3n) is 2.71. The van der Waals surface area contributed by atoms with E-state index in [1.54, 1.807) is 14.2 Å². The number of esters is 1. The molecule has 0 aromatic heterocycles. The Morgan fingerprint density at radius 3 is 2.20 bits per heavy atom. The van der Waals surface area contributed by atoms with E-state index in [1.165, 1.54) is 7.11 Å². The molecule has 0 aliphatic carbocycles. The summed E-state index contributed by atoms with van der Waals surface area (Å²) in [7, 11) is 4.54. The number of methoxy groups -OCH3 is 3. The average molecular weight is 475 g/mol. The van der Waals surface area contributed by atoms with Crippen molar-refractivity contribution in [3.05, 3.63) is 22.2 Å². The van der Waals surface area contributed by atoms with Gasteiger partial charge in [-0.25, -0.2) is 0 Å². The first-order valence-electron chi connectivity index (χ1n) is 5.72. The molecule has 20 heavy (non-hydrogen) atoms. The quantitative estimate of drug-likeness (QED) is 0.457. The smallest absolute Gasteiger partial charge is 0.319 e. The van der Waals surface area contributed by atoms with E-state index in [9.17, 15) is 4.79 Å². The van der Waals surface area contributed by atoms with Crippen molar-refractivity contribution in [2.24, 2.45) is 0 Å². The maximum Gasteiger partial charge on any atom is 0.319 e. The SMILES string of the molecule is COC(=O)[C@@H](Br)C[C@H](Br)c1cc(OC)c(OC)cc1Br. The number of hydrogen-bond donors (Lipinski definition) is 0. The summed E-state index contributed by atoms with van der Waals surface area (Å²) < 4.78 is 16.1. The van der Waals surface area contributed by atoms with Gasteiger partial charge in [0.1, 0.15) is 4.83 Å². The molecule has 0 aliphatic heterocycles. The highest BCUT2D eigenvalue weighted by molar-refractivity contribution is 9.11. The Bertz CT molecular complexity index is 479. The van der Waals surface area contributed by atoms with Gasteiger partial charge < -0.3 is 14.2 Å². The van der Waals surface area contributed by atoms with Gasteiger partial charge in [-0.05, 0) is 24.1 Å². The highest BCUT2D eigenvalue weighted by Crippen LogP contribution is 2.41. The Morgan fingerprint density at radius 1 is 1.15 bits per heavy atom. The van der Waals surface area contributed by atoms with Crippen LogP contribution in [0.25, 0.3) is 0 Å². The molecular formula is C13H15Br3O4. The topological polar surface area (TPSA) is 44.8 Å². The van der Waals surface area contributed by atoms with Crippen LogP contribution >= 0.6 is 47.8 Å². The lowest BCUT2D eigenvalue weighted by Crippen LogP contribution is -2.17. The summed E-state index contributed by atoms with van der Waals surface area (Å²) in [6, 6.07) is 3.71. The molecule has 0 heterocycles. The Morgan fingerprint density at radius 2 is 1.70 bits per heavy atom. The van der Waals surface area contributed by atoms with Crippen molar-refractivity contribution in [1.29, 1.82) is 0 Å². The lowest BCUT2D eigenvalue weighted by Gasteiger charge is -2.17. The molecule has 2 atom stereocenters. The Hall–Kier alpha value is -0.270. The van der Waals surface area contributed by atoms with E-state index >= 15 is 0 Å². The van der Waals surface area contributed by atoms with Crippen LogP contribution in [0.3, 0.4) is 0 Å². The van der Waals surface area contributed by atoms with Crippen molar-refractivity contribution in [2.45, 2.75) is 16.1 Å². The summed E-state index contributed by atoms with van der Waals surface area (Å²) in [5.74, 6) is 0.983. The molecule has 1 aromatic rings. The van der Waals surface area contributed by atoms with Crippen molar-refractivity contribution in [3.63, 3.8) is 0 Å². The second-order valence-electron chi connectivity index (χ2n) is 3.92. The molecule has 1 rings (SSSR count). The van der Waals surface area contributed by atoms with Crippen LogP contribution in [0.2, 0.25) is 0 Å². The Kier molecular flexibility index (Phi) is 7.33. The molecular weight excluding hydrogens is 460 g/mol. The van der Waals surface area contributed by atoms with Gasteiger partial charge in [-0.3, -0.25) is 4.79 Å². The largest absolute Gasteiger partial charge is 0.493 e. The molecule has 112 valence electrons. The third kappa shape index (κ3) is 4.36. The Balaban J connectivity index is 2.98. The van der Waals surface area contributed by atoms with Crippen LogP contribution in [0.15, 0.2) is 16.6 Å². The number of benzene rings is 1. The summed E-state index contributed by atoms with van der Waals surface area (Å²) in [5, 5.41) is 0. The van der Waals surface area contributed by atoms with Gasteiger partial charge >= 0.3 is 5.97 Å². The summed E-state index contributed by atoms with van der Waals surface area (Å²) in [4.78, 5) is 11.0. The molecule has 0 fully saturated rings. The number of carbonyl (C=O) groups excluding carboxylic acids is 1. The molecule has 7 heteroatoms. The summed E-state index contributed by atoms with van der Waals surface area (Å²) in [5.41, 5.74) is 0.969. The minimum Gasteiger partial charge on any atom is -0.493 e. The predicted octanol–water partition coefficient (Wildman–Crippen LogP) is 4.23. The van der Waals surface area contributed by atoms with E-state index in [-0.39, 0.29) is 15.6 Å². The van der Waals surface area contributed by atoms with Gasteiger partial charge in [0.15, 0.2) is 11.5 Å². The summed E-state index contributed by atoms with van der Waals surface area (Å²) in [6.45, 7) is 0. The molecule has 0 bridgehead atoms. The summed E-state index contributed by atoms with van der Waals surface area (Å²) in [6.07, 6.45) is 0.542. The highest BCUT2D eigenvalue weighted by atomic mass is 79.9. The lowest BCUT2D eigenvalue weighted by atomic mass is 10.1. The first-order chi connectivity index (χ1) is 9.44. The minimum absolute atomic E-state index is 0.0415. The standard InChI is InChI=1S/C13H15Br3O4/c1-18-11-4-7(9(15)6-12(11)19-2)8(14)5-10(16)13(17)20-3/h4,6,8,10H,5H2,1-3H3/t8-,10-/m0/s1. The molecule has 0 aliphatic rings. The second-order valence-corrected chi connectivity index (χ2v) is 6.99. The van der Waals surface area contributed by atoms with E-state index in [4.69, 9.17) is 14.2 Å². The number of ether oxygens (including phenoxy) is 3. The zero-order valence-corrected chi connectivity index (χ0v) is 16.0. The molecule has 0 N–H and O–H groups in total. The number of halogens is 3. The number of hydrogen-bond acceptors (Lipinski definition) is 4. The van der Waals surface area contributed by atoms with Crippen molar-refractivity contribution in [1.82, 2.24) is 0 Å². The van der Waals surface area contributed by atoms with Gasteiger partial charge in [-0.2, -0.15) is 0 Å². The van der Waals surface area contributed by atoms with Crippen molar-refractivity contribution < 1.29 is 19.0 Å². The fraction of sp³-hybridized carbons (Fsp3) is 0.462. The molecule has 0 radical (unpaired) electrons. The van der Waals surface area contributed by atoms with E-state index in [0.717, 1.165) is 10.0 Å². The van der Waals surface area contributed by atoms with Crippen LogP contribution in [-0.4, -0.2) is 32.1 Å². The van der Waals surface area contributed by atoms with Crippen LogP contribution in [0, 0.1) is 0 Å². The van der Waals surface area contributed by atoms with Crippen LogP contribution in [0.1, 0.15) is 16.8 Å². The number of alkyl halides is 2. The van der Waals surface area contributed by atoms with Crippen LogP contribution in [-0.2, 0) is 9.53 Å². The van der Waals surface area contributed by atoms with Gasteiger partial charge in [-0.1, -0.05) is 47.8 Å². The van der Waals surface area contributed by atoms with Gasteiger partial charge in [0, 0.05) is 9.30 Å². The monoisotopic (exact) mass is 472 g/mol. The van der Waals surface area contributed by atoms with E-state index < -0.39 is 0 Å². The van der Waals surface area contributed by atoms with Crippen molar-refractivity contribution >= 4 is 53.8 Å². The number of carbonyl (C=O) groups is 1. The normalized spacial score (nSPS) is 13.5. The minimum atomic E-state index is -0.378. The molecule has 0 amide bonds. The molecule has 0 spiro atoms. The van der Waals surface area contributed by atoms with E-state index in [0.29, 0.717) is 17.9 Å². The summed E-state index contributed by atoms with van der Waals surface area (Å²) >= 11 is 10.4. The van der Waals surface area contributed by atoms with Crippen LogP contribution < -0.4 is 9.47 Å². The fourth-order valence-electron chi connectivity index (χ4n) is 1.64. The van der Waals surface area contributed by atoms with Gasteiger partial charge in [0.05, 0.1) is 21.3 Å². The van der Waals surface area contributed by atoms with Gasteiger partial charge in [0.25, 0.3) is 0 Å². The highest BCUT2D eigenvalue weighted by Gasteiger charge is 2.23. The average Bonchev–Trinajstić information content (AvgIpc) is 2.45. The first-order valence-corrected chi connectivity index (χ1v) is 8.34. The zero-order valence-electron chi connectivity index (χ0n) is 11.3. The second kappa shape index (κ2) is 8.24. The fourth-order valence-corrected chi connectivity index (χ4v) is 4.36. The van der Waals surface area contributed by atoms with Gasteiger partial charge in [-0.15, -0.1) is 0 Å². The lowest BCUT2D eigenvalue weighted by molar-refractivity contribution is -0.139. The molecule has 0 unspecified atom stereocenters. The molecule has 0 saturated heterocycles. The van der Waals surface area contributed by atoms with E-state index in [1.807, 2.05) is 12.1 Å². The molecule has 1 aromatic carbocycles. The maximum absolute atomic E-state index is 11.4. The molecule has 0 saturated carbocycles. The van der Waals surface area contributed by atoms with Crippen molar-refractivity contribution in [2.75, 3.05) is 21.3 Å². The predicted molar refractivity (Wildman–Crippen MR) is 88.3 cm³/mol. The number of rotatable bonds is 6. The zero-order chi connectivity index (χ0) is 15.3. The van der Waals surface area contributed by atoms with Gasteiger partial charge in [0.2, 0.25) is 0 Å². The third-order valence-corrected chi connectivity index (χ3v) is 5.01. The Labute approximate surface area is 143 Å². The van der Waals surface area contributed by atoms with Crippen LogP contribution in [0.5, 0.6) is 11.5 Å². The van der Waals surface area contributed by atoms with Crippen molar-refractivity contribution in [3.8, 4) is 11.5 Å².